The number of hydrogen-bond acceptors (Lipinski definition) is 2. The van der Waals surface area contributed by atoms with Crippen LogP contribution in [-0.2, 0) is 4.57 Å². The van der Waals surface area contributed by atoms with E-state index in [0.717, 1.165) is 0 Å². The Morgan fingerprint density at radius 2 is 1.65 bits per heavy atom. The molecule has 0 spiro atoms. The molecule has 103 valence electrons. The molecule has 0 saturated heterocycles. The van der Waals surface area contributed by atoms with Crippen LogP contribution in [0.2, 0.25) is 0 Å². The second kappa shape index (κ2) is 5.59. The van der Waals surface area contributed by atoms with Gasteiger partial charge in [0, 0.05) is 18.3 Å². The predicted octanol–water partition coefficient (Wildman–Crippen LogP) is 1.57. The lowest BCUT2D eigenvalue weighted by molar-refractivity contribution is 0.0993. The van der Waals surface area contributed by atoms with Gasteiger partial charge < -0.3 is 14.7 Å². The normalized spacial score (nSPS) is 11.2. The third-order valence-electron chi connectivity index (χ3n) is 2.84. The number of nitrogens with zero attached hydrogens (tertiary/aromatic N) is 1. The third-order valence-corrected chi connectivity index (χ3v) is 3.81. The molecule has 1 amide bonds. The van der Waals surface area contributed by atoms with Crippen LogP contribution in [0.1, 0.15) is 10.4 Å². The molecule has 2 N–H and O–H groups in total. The van der Waals surface area contributed by atoms with Crippen molar-refractivity contribution in [1.82, 2.24) is 0 Å². The Bertz CT molecular complexity index is 649. The summed E-state index contributed by atoms with van der Waals surface area (Å²) < 4.78 is 11.1. The number of carbonyl (C=O) groups is 1. The molecule has 0 aromatic heterocycles. The molecule has 0 aliphatic rings. The SMILES string of the molecule is CN(C(=O)c1cc[c]cc1)c1ccc(P(=O)(O)O)cc1. The highest BCUT2D eigenvalue weighted by atomic mass is 31.2. The van der Waals surface area contributed by atoms with Crippen LogP contribution in [0.25, 0.3) is 0 Å². The van der Waals surface area contributed by atoms with Crippen molar-refractivity contribution in [1.29, 1.82) is 0 Å². The zero-order valence-corrected chi connectivity index (χ0v) is 11.6. The van der Waals surface area contributed by atoms with Crippen molar-refractivity contribution in [2.75, 3.05) is 11.9 Å². The van der Waals surface area contributed by atoms with Gasteiger partial charge in [0.1, 0.15) is 0 Å². The van der Waals surface area contributed by atoms with Gasteiger partial charge in [-0.05, 0) is 42.5 Å². The van der Waals surface area contributed by atoms with Gasteiger partial charge >= 0.3 is 7.60 Å². The van der Waals surface area contributed by atoms with Crippen LogP contribution < -0.4 is 10.2 Å². The molecule has 0 aliphatic carbocycles. The molecule has 0 aliphatic heterocycles. The molecular formula is C14H13NO4P. The topological polar surface area (TPSA) is 77.8 Å². The third kappa shape index (κ3) is 3.14. The van der Waals surface area contributed by atoms with Gasteiger partial charge in [0.25, 0.3) is 5.91 Å². The molecule has 0 unspecified atom stereocenters. The second-order valence-corrected chi connectivity index (χ2v) is 5.82. The van der Waals surface area contributed by atoms with Gasteiger partial charge in [0.05, 0.1) is 5.30 Å². The van der Waals surface area contributed by atoms with Crippen LogP contribution in [0.3, 0.4) is 0 Å². The minimum Gasteiger partial charge on any atom is -0.321 e. The van der Waals surface area contributed by atoms with E-state index in [9.17, 15) is 9.36 Å². The lowest BCUT2D eigenvalue weighted by atomic mass is 10.2. The molecule has 0 bridgehead atoms. The molecule has 5 nitrogen and oxygen atoms in total. The Labute approximate surface area is 116 Å². The number of amides is 1. The predicted molar refractivity (Wildman–Crippen MR) is 76.1 cm³/mol. The van der Waals surface area contributed by atoms with Crippen molar-refractivity contribution in [2.24, 2.45) is 0 Å². The lowest BCUT2D eigenvalue weighted by Gasteiger charge is -2.18. The maximum Gasteiger partial charge on any atom is 0.356 e. The van der Waals surface area contributed by atoms with E-state index in [4.69, 9.17) is 9.79 Å². The summed E-state index contributed by atoms with van der Waals surface area (Å²) >= 11 is 0. The largest absolute Gasteiger partial charge is 0.356 e. The first-order valence-electron chi connectivity index (χ1n) is 5.80. The smallest absolute Gasteiger partial charge is 0.321 e. The molecule has 2 rings (SSSR count). The Hall–Kier alpha value is -1.94. The van der Waals surface area contributed by atoms with Gasteiger partial charge in [-0.25, -0.2) is 0 Å². The quantitative estimate of drug-likeness (QED) is 0.841. The summed E-state index contributed by atoms with van der Waals surface area (Å²) in [7, 11) is -2.65. The van der Waals surface area contributed by atoms with E-state index in [0.29, 0.717) is 11.3 Å². The Morgan fingerprint density at radius 3 is 2.15 bits per heavy atom. The number of anilines is 1. The fraction of sp³-hybridized carbons (Fsp3) is 0.0714. The first kappa shape index (κ1) is 14.5. The molecule has 0 saturated carbocycles. The Balaban J connectivity index is 2.24. The van der Waals surface area contributed by atoms with Crippen LogP contribution >= 0.6 is 7.60 Å². The summed E-state index contributed by atoms with van der Waals surface area (Å²) in [5.74, 6) is -0.206. The monoisotopic (exact) mass is 290 g/mol. The Morgan fingerprint density at radius 1 is 1.10 bits per heavy atom. The van der Waals surface area contributed by atoms with Crippen molar-refractivity contribution < 1.29 is 19.1 Å². The fourth-order valence-electron chi connectivity index (χ4n) is 1.71. The van der Waals surface area contributed by atoms with Crippen molar-refractivity contribution >= 4 is 24.5 Å². The van der Waals surface area contributed by atoms with Gasteiger partial charge in [0.15, 0.2) is 0 Å². The molecule has 0 heterocycles. The first-order chi connectivity index (χ1) is 9.39. The number of rotatable bonds is 3. The summed E-state index contributed by atoms with van der Waals surface area (Å²) in [5, 5.41) is -0.0728. The molecule has 1 radical (unpaired) electrons. The van der Waals surface area contributed by atoms with E-state index in [-0.39, 0.29) is 11.2 Å². The number of hydrogen-bond donors (Lipinski definition) is 2. The second-order valence-electron chi connectivity index (χ2n) is 4.21. The van der Waals surface area contributed by atoms with Crippen LogP contribution in [0.4, 0.5) is 5.69 Å². The highest BCUT2D eigenvalue weighted by Crippen LogP contribution is 2.33. The van der Waals surface area contributed by atoms with Crippen LogP contribution in [0.5, 0.6) is 0 Å². The van der Waals surface area contributed by atoms with E-state index in [1.165, 1.54) is 29.2 Å². The Kier molecular flexibility index (Phi) is 4.04. The minimum absolute atomic E-state index is 0.0728. The summed E-state index contributed by atoms with van der Waals surface area (Å²) in [4.78, 5) is 31.7. The average Bonchev–Trinajstić information content (AvgIpc) is 2.46. The lowest BCUT2D eigenvalue weighted by Crippen LogP contribution is -2.26. The maximum atomic E-state index is 12.2. The molecule has 2 aromatic carbocycles. The zero-order valence-electron chi connectivity index (χ0n) is 10.7. The first-order valence-corrected chi connectivity index (χ1v) is 7.41. The maximum absolute atomic E-state index is 12.2. The van der Waals surface area contributed by atoms with E-state index in [2.05, 4.69) is 6.07 Å². The van der Waals surface area contributed by atoms with Crippen LogP contribution in [0, 0.1) is 6.07 Å². The van der Waals surface area contributed by atoms with Crippen LogP contribution in [0.15, 0.2) is 48.5 Å². The van der Waals surface area contributed by atoms with Gasteiger partial charge in [0.2, 0.25) is 0 Å². The van der Waals surface area contributed by atoms with E-state index >= 15 is 0 Å². The molecular weight excluding hydrogens is 277 g/mol. The number of benzene rings is 2. The minimum atomic E-state index is -4.26. The molecule has 0 fully saturated rings. The van der Waals surface area contributed by atoms with Crippen molar-refractivity contribution in [3.05, 3.63) is 60.2 Å². The molecule has 6 heteroatoms. The summed E-state index contributed by atoms with van der Waals surface area (Å²) in [6.45, 7) is 0. The van der Waals surface area contributed by atoms with Gasteiger partial charge in [-0.2, -0.15) is 0 Å². The highest BCUT2D eigenvalue weighted by Gasteiger charge is 2.18. The standard InChI is InChI=1S/C14H13NO4P/c1-15(14(16)11-5-3-2-4-6-11)12-7-9-13(10-8-12)20(17,18)19/h3-10H,1H3,(H2,17,18,19). The average molecular weight is 290 g/mol. The van der Waals surface area contributed by atoms with E-state index < -0.39 is 7.60 Å². The van der Waals surface area contributed by atoms with Crippen LogP contribution in [-0.4, -0.2) is 22.7 Å². The molecule has 2 aromatic rings. The van der Waals surface area contributed by atoms with E-state index in [1.54, 1.807) is 31.3 Å². The van der Waals surface area contributed by atoms with Crippen molar-refractivity contribution in [3.63, 3.8) is 0 Å². The fourth-order valence-corrected chi connectivity index (χ4v) is 2.25. The van der Waals surface area contributed by atoms with Gasteiger partial charge in [-0.1, -0.05) is 12.1 Å². The molecule has 0 atom stereocenters. The summed E-state index contributed by atoms with van der Waals surface area (Å²) in [5.41, 5.74) is 1.07. The van der Waals surface area contributed by atoms with Crippen molar-refractivity contribution in [3.8, 4) is 0 Å². The summed E-state index contributed by atoms with van der Waals surface area (Å²) in [6.07, 6.45) is 0. The number of carbonyl (C=O) groups excluding carboxylic acids is 1. The van der Waals surface area contributed by atoms with Gasteiger partial charge in [-0.15, -0.1) is 0 Å². The van der Waals surface area contributed by atoms with Crippen molar-refractivity contribution in [2.45, 2.75) is 0 Å². The summed E-state index contributed by atoms with van der Waals surface area (Å²) in [6, 6.07) is 15.1. The zero-order chi connectivity index (χ0) is 14.8. The molecule has 20 heavy (non-hydrogen) atoms. The van der Waals surface area contributed by atoms with Gasteiger partial charge in [-0.3, -0.25) is 9.36 Å². The van der Waals surface area contributed by atoms with E-state index in [1.807, 2.05) is 0 Å². The highest BCUT2D eigenvalue weighted by molar-refractivity contribution is 7.60.